The molecule has 4 rings (SSSR count). The van der Waals surface area contributed by atoms with Crippen LogP contribution in [-0.4, -0.2) is 28.4 Å². The van der Waals surface area contributed by atoms with Gasteiger partial charge in [-0.25, -0.2) is 4.98 Å². The van der Waals surface area contributed by atoms with Crippen LogP contribution in [0.5, 0.6) is 5.75 Å². The Morgan fingerprint density at radius 3 is 2.74 bits per heavy atom. The third-order valence-corrected chi connectivity index (χ3v) is 5.82. The zero-order chi connectivity index (χ0) is 22.0. The molecule has 1 atom stereocenters. The van der Waals surface area contributed by atoms with Gasteiger partial charge in [-0.15, -0.1) is 11.3 Å². The van der Waals surface area contributed by atoms with E-state index in [-0.39, 0.29) is 11.3 Å². The van der Waals surface area contributed by atoms with Crippen LogP contribution in [0, 0.1) is 0 Å². The maximum Gasteiger partial charge on any atom is 0.301 e. The van der Waals surface area contributed by atoms with Crippen LogP contribution in [0.3, 0.4) is 0 Å². The SMILES string of the molecule is CCCOc1cccc(C(O)=C2C(=O)C(=O)N(c3nccs3)C2c2cccc(Cl)c2)c1. The summed E-state index contributed by atoms with van der Waals surface area (Å²) in [5.41, 5.74) is 0.967. The first-order chi connectivity index (χ1) is 15.0. The molecule has 1 amide bonds. The van der Waals surface area contributed by atoms with Crippen LogP contribution in [0.25, 0.3) is 5.76 Å². The summed E-state index contributed by atoms with van der Waals surface area (Å²) < 4.78 is 5.64. The van der Waals surface area contributed by atoms with Gasteiger partial charge < -0.3 is 9.84 Å². The lowest BCUT2D eigenvalue weighted by atomic mass is 9.95. The largest absolute Gasteiger partial charge is 0.507 e. The van der Waals surface area contributed by atoms with E-state index in [1.165, 1.54) is 16.2 Å². The number of aliphatic hydroxyl groups is 1. The first-order valence-electron chi connectivity index (χ1n) is 9.70. The Hall–Kier alpha value is -3.16. The van der Waals surface area contributed by atoms with Crippen LogP contribution in [0.4, 0.5) is 5.13 Å². The zero-order valence-electron chi connectivity index (χ0n) is 16.6. The second-order valence-corrected chi connectivity index (χ2v) is 8.22. The molecule has 1 aliphatic rings. The standard InChI is InChI=1S/C23H19ClN2O4S/c1-2-10-30-17-8-4-6-15(13-17)20(27)18-19(14-5-3-7-16(24)12-14)26(22(29)21(18)28)23-25-9-11-31-23/h3-9,11-13,19,27H,2,10H2,1H3. The van der Waals surface area contributed by atoms with Crippen LogP contribution in [0.2, 0.25) is 5.02 Å². The van der Waals surface area contributed by atoms with Crippen LogP contribution in [0.15, 0.2) is 65.7 Å². The summed E-state index contributed by atoms with van der Waals surface area (Å²) in [6.45, 7) is 2.52. The van der Waals surface area contributed by atoms with Gasteiger partial charge in [0.15, 0.2) is 5.13 Å². The zero-order valence-corrected chi connectivity index (χ0v) is 18.2. The number of carbonyl (C=O) groups excluding carboxylic acids is 2. The molecule has 0 saturated carbocycles. The van der Waals surface area contributed by atoms with Crippen molar-refractivity contribution in [2.24, 2.45) is 0 Å². The van der Waals surface area contributed by atoms with Gasteiger partial charge in [0, 0.05) is 22.2 Å². The summed E-state index contributed by atoms with van der Waals surface area (Å²) in [7, 11) is 0. The second-order valence-electron chi connectivity index (χ2n) is 6.92. The molecule has 0 aliphatic carbocycles. The summed E-state index contributed by atoms with van der Waals surface area (Å²) >= 11 is 7.42. The molecule has 0 bridgehead atoms. The molecular formula is C23H19ClN2O4S. The van der Waals surface area contributed by atoms with Crippen molar-refractivity contribution in [2.45, 2.75) is 19.4 Å². The van der Waals surface area contributed by atoms with Gasteiger partial charge in [-0.1, -0.05) is 42.8 Å². The Balaban J connectivity index is 1.88. The van der Waals surface area contributed by atoms with Gasteiger partial charge in [-0.05, 0) is 36.2 Å². The molecule has 0 spiro atoms. The number of thiazole rings is 1. The molecule has 3 aromatic rings. The molecule has 1 aliphatic heterocycles. The van der Waals surface area contributed by atoms with Crippen LogP contribution < -0.4 is 9.64 Å². The predicted molar refractivity (Wildman–Crippen MR) is 121 cm³/mol. The molecule has 1 unspecified atom stereocenters. The van der Waals surface area contributed by atoms with E-state index >= 15 is 0 Å². The number of nitrogens with zero attached hydrogens (tertiary/aromatic N) is 2. The summed E-state index contributed by atoms with van der Waals surface area (Å²) in [6.07, 6.45) is 2.40. The molecule has 0 radical (unpaired) electrons. The van der Waals surface area contributed by atoms with Gasteiger partial charge in [0.1, 0.15) is 11.5 Å². The third-order valence-electron chi connectivity index (χ3n) is 4.81. The van der Waals surface area contributed by atoms with Crippen molar-refractivity contribution < 1.29 is 19.4 Å². The normalized spacial score (nSPS) is 17.9. The lowest BCUT2D eigenvalue weighted by Crippen LogP contribution is -2.29. The van der Waals surface area contributed by atoms with Crippen molar-refractivity contribution in [1.82, 2.24) is 4.98 Å². The molecule has 1 saturated heterocycles. The molecule has 6 nitrogen and oxygen atoms in total. The fraction of sp³-hybridized carbons (Fsp3) is 0.174. The minimum Gasteiger partial charge on any atom is -0.507 e. The van der Waals surface area contributed by atoms with E-state index in [0.29, 0.717) is 33.6 Å². The lowest BCUT2D eigenvalue weighted by Gasteiger charge is -2.23. The van der Waals surface area contributed by atoms with Gasteiger partial charge in [0.25, 0.3) is 5.78 Å². The van der Waals surface area contributed by atoms with Crippen molar-refractivity contribution in [1.29, 1.82) is 0 Å². The van der Waals surface area contributed by atoms with E-state index in [1.807, 2.05) is 6.92 Å². The molecule has 8 heteroatoms. The number of Topliss-reactive ketones (excluding diaryl/α,β-unsaturated/α-hetero) is 1. The molecule has 1 N–H and O–H groups in total. The average Bonchev–Trinajstić information content (AvgIpc) is 3.39. The number of hydrogen-bond donors (Lipinski definition) is 1. The van der Waals surface area contributed by atoms with E-state index in [9.17, 15) is 14.7 Å². The summed E-state index contributed by atoms with van der Waals surface area (Å²) in [6, 6.07) is 12.8. The topological polar surface area (TPSA) is 79.7 Å². The second kappa shape index (κ2) is 8.91. The van der Waals surface area contributed by atoms with E-state index < -0.39 is 17.7 Å². The molecule has 31 heavy (non-hydrogen) atoms. The molecule has 2 heterocycles. The number of halogens is 1. The number of ether oxygens (including phenoxy) is 1. The number of ketones is 1. The van der Waals surface area contributed by atoms with Crippen molar-refractivity contribution >= 4 is 45.5 Å². The van der Waals surface area contributed by atoms with Gasteiger partial charge in [-0.2, -0.15) is 0 Å². The first kappa shape index (κ1) is 21.1. The number of amides is 1. The Morgan fingerprint density at radius 1 is 1.23 bits per heavy atom. The number of aromatic nitrogens is 1. The van der Waals surface area contributed by atoms with Gasteiger partial charge in [0.2, 0.25) is 0 Å². The van der Waals surface area contributed by atoms with Crippen molar-refractivity contribution in [3.8, 4) is 5.75 Å². The number of anilines is 1. The van der Waals surface area contributed by atoms with Gasteiger partial charge in [0.05, 0.1) is 18.2 Å². The minimum absolute atomic E-state index is 0.0184. The Labute approximate surface area is 188 Å². The third kappa shape index (κ3) is 4.06. The number of aliphatic hydroxyl groups excluding tert-OH is 1. The van der Waals surface area contributed by atoms with E-state index in [0.717, 1.165) is 6.42 Å². The first-order valence-corrected chi connectivity index (χ1v) is 11.0. The smallest absolute Gasteiger partial charge is 0.301 e. The Bertz CT molecular complexity index is 1160. The van der Waals surface area contributed by atoms with E-state index in [2.05, 4.69) is 4.98 Å². The van der Waals surface area contributed by atoms with Gasteiger partial charge in [-0.3, -0.25) is 14.5 Å². The Morgan fingerprint density at radius 2 is 2.03 bits per heavy atom. The molecular weight excluding hydrogens is 436 g/mol. The van der Waals surface area contributed by atoms with Crippen LogP contribution in [-0.2, 0) is 9.59 Å². The quantitative estimate of drug-likeness (QED) is 0.314. The summed E-state index contributed by atoms with van der Waals surface area (Å²) in [4.78, 5) is 31.5. The highest BCUT2D eigenvalue weighted by molar-refractivity contribution is 7.14. The highest BCUT2D eigenvalue weighted by Gasteiger charge is 2.48. The number of carbonyl (C=O) groups is 2. The Kier molecular flexibility index (Phi) is 6.06. The highest BCUT2D eigenvalue weighted by atomic mass is 35.5. The summed E-state index contributed by atoms with van der Waals surface area (Å²) in [5.74, 6) is -1.24. The van der Waals surface area contributed by atoms with Crippen molar-refractivity contribution in [2.75, 3.05) is 11.5 Å². The van der Waals surface area contributed by atoms with Crippen LogP contribution in [0.1, 0.15) is 30.5 Å². The van der Waals surface area contributed by atoms with Crippen LogP contribution >= 0.6 is 22.9 Å². The number of benzene rings is 2. The molecule has 1 aromatic heterocycles. The number of rotatable bonds is 6. The highest BCUT2D eigenvalue weighted by Crippen LogP contribution is 2.43. The minimum atomic E-state index is -0.856. The molecule has 1 fully saturated rings. The van der Waals surface area contributed by atoms with E-state index in [1.54, 1.807) is 60.1 Å². The fourth-order valence-electron chi connectivity index (χ4n) is 3.47. The maximum atomic E-state index is 13.1. The van der Waals surface area contributed by atoms with Gasteiger partial charge >= 0.3 is 5.91 Å². The lowest BCUT2D eigenvalue weighted by molar-refractivity contribution is -0.132. The fourth-order valence-corrected chi connectivity index (χ4v) is 4.33. The monoisotopic (exact) mass is 454 g/mol. The molecule has 2 aromatic carbocycles. The maximum absolute atomic E-state index is 13.1. The molecule has 158 valence electrons. The van der Waals surface area contributed by atoms with Crippen molar-refractivity contribution in [3.63, 3.8) is 0 Å². The predicted octanol–water partition coefficient (Wildman–Crippen LogP) is 5.21. The average molecular weight is 455 g/mol. The number of hydrogen-bond acceptors (Lipinski definition) is 6. The summed E-state index contributed by atoms with van der Waals surface area (Å²) in [5, 5.41) is 13.7. The van der Waals surface area contributed by atoms with Crippen molar-refractivity contribution in [3.05, 3.63) is 81.8 Å². The van der Waals surface area contributed by atoms with E-state index in [4.69, 9.17) is 16.3 Å².